The molecule has 8 nitrogen and oxygen atoms in total. The molecule has 0 saturated carbocycles. The van der Waals surface area contributed by atoms with E-state index in [0.29, 0.717) is 23.0 Å². The maximum Gasteiger partial charge on any atom is 0.122 e. The van der Waals surface area contributed by atoms with Gasteiger partial charge in [0.2, 0.25) is 0 Å². The molecular weight excluding hydrogens is 896 g/mol. The van der Waals surface area contributed by atoms with Crippen LogP contribution in [0.3, 0.4) is 0 Å². The van der Waals surface area contributed by atoms with Crippen molar-refractivity contribution in [3.8, 4) is 46.0 Å². The largest absolute Gasteiger partial charge is 0.508 e. The molecule has 356 valence electrons. The third kappa shape index (κ3) is 22.1. The Labute approximate surface area is 425 Å². The SMILES string of the molecule is Cc1cccc(C(C)(C)C)c1O.Cc1cccc(C(C)(C)C)c1O.Cc1cccc(C(C)(C)C)c1O.Cc1cccc(C(C)(C)C)c1O.Oc1cccc(O)c1.Oc1cccc(O)c1.[Ti].[Ti]. The minimum Gasteiger partial charge on any atom is -0.508 e. The standard InChI is InChI=1S/4C11H16O.2C6H6O2.2Ti/c4*1-8-6-5-7-9(10(8)12)11(2,3)4;2*7-5-2-1-3-6(8)4-5;;/h4*5-7,12H,1-4H3;2*1-4,7-8H;;. The van der Waals surface area contributed by atoms with Crippen molar-refractivity contribution in [2.24, 2.45) is 0 Å². The van der Waals surface area contributed by atoms with E-state index in [4.69, 9.17) is 20.4 Å². The smallest absolute Gasteiger partial charge is 0.122 e. The molecule has 0 aliphatic carbocycles. The summed E-state index contributed by atoms with van der Waals surface area (Å²) in [5.74, 6) is 2.09. The molecule has 0 amide bonds. The van der Waals surface area contributed by atoms with Gasteiger partial charge >= 0.3 is 0 Å². The van der Waals surface area contributed by atoms with Crippen LogP contribution < -0.4 is 0 Å². The van der Waals surface area contributed by atoms with E-state index in [0.717, 1.165) is 44.5 Å². The van der Waals surface area contributed by atoms with Crippen molar-refractivity contribution >= 4 is 0 Å². The second-order valence-corrected chi connectivity index (χ2v) is 19.9. The van der Waals surface area contributed by atoms with Crippen LogP contribution in [0.25, 0.3) is 0 Å². The molecule has 6 aromatic rings. The number of hydrogen-bond donors (Lipinski definition) is 8. The molecule has 6 aromatic carbocycles. The predicted molar refractivity (Wildman–Crippen MR) is 266 cm³/mol. The number of rotatable bonds is 0. The zero-order valence-electron chi connectivity index (χ0n) is 42.1. The van der Waals surface area contributed by atoms with Gasteiger partial charge in [-0.3, -0.25) is 0 Å². The number of hydrogen-bond acceptors (Lipinski definition) is 8. The van der Waals surface area contributed by atoms with Gasteiger partial charge in [0.05, 0.1) is 0 Å². The molecule has 0 aromatic heterocycles. The Balaban J connectivity index is 0. The minimum atomic E-state index is 0. The minimum absolute atomic E-state index is 0. The molecule has 0 spiro atoms. The van der Waals surface area contributed by atoms with Gasteiger partial charge in [0.25, 0.3) is 0 Å². The molecule has 0 unspecified atom stereocenters. The fraction of sp³-hybridized carbons (Fsp3) is 0.357. The van der Waals surface area contributed by atoms with Gasteiger partial charge in [-0.1, -0.05) is 168 Å². The van der Waals surface area contributed by atoms with E-state index in [9.17, 15) is 20.4 Å². The van der Waals surface area contributed by atoms with Crippen LogP contribution in [-0.2, 0) is 65.1 Å². The maximum atomic E-state index is 9.73. The van der Waals surface area contributed by atoms with Gasteiger partial charge in [-0.25, -0.2) is 0 Å². The van der Waals surface area contributed by atoms with Gasteiger partial charge in [-0.05, 0) is 118 Å². The fourth-order valence-corrected chi connectivity index (χ4v) is 6.04. The van der Waals surface area contributed by atoms with Crippen molar-refractivity contribution < 1.29 is 84.3 Å². The van der Waals surface area contributed by atoms with Gasteiger partial charge in [0, 0.05) is 55.6 Å². The Kier molecular flexibility index (Phi) is 26.5. The summed E-state index contributed by atoms with van der Waals surface area (Å²) >= 11 is 0. The summed E-state index contributed by atoms with van der Waals surface area (Å²) in [5, 5.41) is 73.5. The Morgan fingerprint density at radius 2 is 0.409 bits per heavy atom. The van der Waals surface area contributed by atoms with Crippen molar-refractivity contribution in [3.05, 3.63) is 166 Å². The van der Waals surface area contributed by atoms with Crippen LogP contribution in [0.1, 0.15) is 128 Å². The van der Waals surface area contributed by atoms with Gasteiger partial charge in [0.15, 0.2) is 0 Å². The number of phenols is 8. The summed E-state index contributed by atoms with van der Waals surface area (Å²) in [5.41, 5.74) is 7.95. The molecule has 0 saturated heterocycles. The van der Waals surface area contributed by atoms with Crippen LogP contribution in [-0.4, -0.2) is 40.9 Å². The molecule has 0 bridgehead atoms. The number of para-hydroxylation sites is 4. The van der Waals surface area contributed by atoms with Crippen LogP contribution in [0.5, 0.6) is 46.0 Å². The molecule has 0 aliphatic heterocycles. The summed E-state index contributed by atoms with van der Waals surface area (Å²) in [6.45, 7) is 32.9. The van der Waals surface area contributed by atoms with Crippen LogP contribution in [0, 0.1) is 27.7 Å². The second-order valence-electron chi connectivity index (χ2n) is 19.9. The fourth-order valence-electron chi connectivity index (χ4n) is 6.04. The van der Waals surface area contributed by atoms with E-state index >= 15 is 0 Å². The summed E-state index contributed by atoms with van der Waals surface area (Å²) in [7, 11) is 0. The van der Waals surface area contributed by atoms with E-state index < -0.39 is 0 Å². The number of aryl methyl sites for hydroxylation is 4. The maximum absolute atomic E-state index is 9.73. The monoisotopic (exact) mass is 972 g/mol. The van der Waals surface area contributed by atoms with Gasteiger partial charge in [-0.15, -0.1) is 0 Å². The molecule has 10 heteroatoms. The Bertz CT molecular complexity index is 2040. The van der Waals surface area contributed by atoms with Gasteiger partial charge < -0.3 is 40.9 Å². The van der Waals surface area contributed by atoms with Crippen LogP contribution >= 0.6 is 0 Å². The number of aromatic hydroxyl groups is 8. The summed E-state index contributed by atoms with van der Waals surface area (Å²) < 4.78 is 0. The van der Waals surface area contributed by atoms with Crippen molar-refractivity contribution in [1.82, 2.24) is 0 Å². The molecule has 0 fully saturated rings. The van der Waals surface area contributed by atoms with Crippen molar-refractivity contribution in [1.29, 1.82) is 0 Å². The van der Waals surface area contributed by atoms with Crippen LogP contribution in [0.4, 0.5) is 0 Å². The zero-order chi connectivity index (χ0) is 49.4. The van der Waals surface area contributed by atoms with E-state index in [2.05, 4.69) is 83.1 Å². The first-order chi connectivity index (χ1) is 29.3. The summed E-state index contributed by atoms with van der Waals surface area (Å²) in [6.07, 6.45) is 0. The molecule has 0 atom stereocenters. The summed E-state index contributed by atoms with van der Waals surface area (Å²) in [4.78, 5) is 0. The summed E-state index contributed by atoms with van der Waals surface area (Å²) in [6, 6.07) is 35.2. The average molecular weight is 973 g/mol. The van der Waals surface area contributed by atoms with E-state index in [1.54, 1.807) is 12.1 Å². The van der Waals surface area contributed by atoms with E-state index in [1.165, 1.54) is 36.4 Å². The molecule has 6 rings (SSSR count). The van der Waals surface area contributed by atoms with Crippen molar-refractivity contribution in [2.45, 2.75) is 132 Å². The van der Waals surface area contributed by atoms with E-state index in [1.807, 2.05) is 100 Å². The third-order valence-corrected chi connectivity index (χ3v) is 9.84. The molecule has 66 heavy (non-hydrogen) atoms. The number of benzene rings is 6. The molecular formula is C56H76O8Ti2. The first-order valence-corrected chi connectivity index (χ1v) is 21.4. The topological polar surface area (TPSA) is 162 Å². The zero-order valence-corrected chi connectivity index (χ0v) is 45.2. The second kappa shape index (κ2) is 27.7. The Hall–Kier alpha value is -4.85. The van der Waals surface area contributed by atoms with Crippen molar-refractivity contribution in [2.75, 3.05) is 0 Å². The molecule has 8 N–H and O–H groups in total. The first-order valence-electron chi connectivity index (χ1n) is 21.4. The first kappa shape index (κ1) is 63.2. The molecule has 0 heterocycles. The molecule has 0 aliphatic rings. The van der Waals surface area contributed by atoms with Crippen LogP contribution in [0.2, 0.25) is 0 Å². The average Bonchev–Trinajstić information content (AvgIpc) is 3.15. The van der Waals surface area contributed by atoms with Crippen molar-refractivity contribution in [3.63, 3.8) is 0 Å². The van der Waals surface area contributed by atoms with E-state index in [-0.39, 0.29) is 88.1 Å². The number of phenolic OH excluding ortho intramolecular Hbond substituents is 8. The Morgan fingerprint density at radius 3 is 0.515 bits per heavy atom. The predicted octanol–water partition coefficient (Wildman–Crippen LogP) is 14.2. The van der Waals surface area contributed by atoms with Gasteiger partial charge in [-0.2, -0.15) is 0 Å². The van der Waals surface area contributed by atoms with Gasteiger partial charge in [0.1, 0.15) is 46.0 Å². The normalized spacial score (nSPS) is 10.7. The Morgan fingerprint density at radius 1 is 0.258 bits per heavy atom. The third-order valence-electron chi connectivity index (χ3n) is 9.84. The van der Waals surface area contributed by atoms with Crippen LogP contribution in [0.15, 0.2) is 121 Å². The quantitative estimate of drug-likeness (QED) is 0.0698. The molecule has 0 radical (unpaired) electrons.